The highest BCUT2D eigenvalue weighted by molar-refractivity contribution is 7.17. The van der Waals surface area contributed by atoms with Gasteiger partial charge < -0.3 is 10.6 Å². The van der Waals surface area contributed by atoms with Gasteiger partial charge in [-0.1, -0.05) is 54.1 Å². The average molecular weight is 414 g/mol. The van der Waals surface area contributed by atoms with Gasteiger partial charge in [-0.15, -0.1) is 11.3 Å². The summed E-state index contributed by atoms with van der Waals surface area (Å²) in [7, 11) is 0. The summed E-state index contributed by atoms with van der Waals surface area (Å²) in [5, 5.41) is 1.35. The van der Waals surface area contributed by atoms with Crippen LogP contribution in [0.2, 0.25) is 5.02 Å². The number of benzene rings is 2. The van der Waals surface area contributed by atoms with Crippen molar-refractivity contribution in [3.8, 4) is 10.6 Å². The van der Waals surface area contributed by atoms with Gasteiger partial charge in [-0.05, 0) is 24.6 Å². The fourth-order valence-corrected chi connectivity index (χ4v) is 4.01. The highest BCUT2D eigenvalue weighted by Crippen LogP contribution is 2.30. The molecule has 7 heteroatoms. The van der Waals surface area contributed by atoms with E-state index in [1.165, 1.54) is 11.3 Å². The van der Waals surface area contributed by atoms with Crippen LogP contribution in [0.1, 0.15) is 27.3 Å². The molecule has 3 aromatic rings. The molecule has 0 fully saturated rings. The standard InChI is InChI=1S/C21H20ClN3O2S/c1-14-19(28-20(24-14)16-8-5-9-17(22)12-16)21(27)25(11-10-18(23)26)13-15-6-3-2-4-7-15/h2-9,12H,10-11,13H2,1H3,(H2,23,26). The van der Waals surface area contributed by atoms with Gasteiger partial charge in [0.1, 0.15) is 9.88 Å². The highest BCUT2D eigenvalue weighted by atomic mass is 35.5. The third-order valence-electron chi connectivity index (χ3n) is 4.19. The van der Waals surface area contributed by atoms with Crippen molar-refractivity contribution < 1.29 is 9.59 Å². The van der Waals surface area contributed by atoms with Crippen LogP contribution in [0.5, 0.6) is 0 Å². The van der Waals surface area contributed by atoms with E-state index in [-0.39, 0.29) is 18.9 Å². The smallest absolute Gasteiger partial charge is 0.266 e. The van der Waals surface area contributed by atoms with Crippen molar-refractivity contribution in [2.24, 2.45) is 5.73 Å². The van der Waals surface area contributed by atoms with Crippen LogP contribution < -0.4 is 5.73 Å². The predicted molar refractivity (Wildman–Crippen MR) is 112 cm³/mol. The Balaban J connectivity index is 1.88. The van der Waals surface area contributed by atoms with E-state index in [1.807, 2.05) is 55.5 Å². The lowest BCUT2D eigenvalue weighted by molar-refractivity contribution is -0.118. The Kier molecular flexibility index (Phi) is 6.44. The molecule has 0 radical (unpaired) electrons. The molecule has 0 aliphatic carbocycles. The van der Waals surface area contributed by atoms with E-state index in [0.29, 0.717) is 22.1 Å². The summed E-state index contributed by atoms with van der Waals surface area (Å²) < 4.78 is 0. The quantitative estimate of drug-likeness (QED) is 0.627. The number of rotatable bonds is 7. The number of nitrogens with two attached hydrogens (primary N) is 1. The van der Waals surface area contributed by atoms with E-state index in [4.69, 9.17) is 17.3 Å². The van der Waals surface area contributed by atoms with Crippen LogP contribution in [-0.4, -0.2) is 28.2 Å². The lowest BCUT2D eigenvalue weighted by Crippen LogP contribution is -2.33. The lowest BCUT2D eigenvalue weighted by Gasteiger charge is -2.22. The fraction of sp³-hybridized carbons (Fsp3) is 0.190. The number of carbonyl (C=O) groups is 2. The Hall–Kier alpha value is -2.70. The Morgan fingerprint density at radius 1 is 1.14 bits per heavy atom. The Morgan fingerprint density at radius 3 is 2.57 bits per heavy atom. The molecule has 0 saturated heterocycles. The van der Waals surface area contributed by atoms with E-state index in [2.05, 4.69) is 4.98 Å². The van der Waals surface area contributed by atoms with Gasteiger partial charge in [-0.25, -0.2) is 4.98 Å². The maximum atomic E-state index is 13.2. The zero-order valence-corrected chi connectivity index (χ0v) is 17.0. The van der Waals surface area contributed by atoms with E-state index in [9.17, 15) is 9.59 Å². The molecular weight excluding hydrogens is 394 g/mol. The molecule has 0 aliphatic heterocycles. The molecule has 0 spiro atoms. The van der Waals surface area contributed by atoms with E-state index in [1.54, 1.807) is 11.0 Å². The number of amides is 2. The van der Waals surface area contributed by atoms with Crippen molar-refractivity contribution in [2.45, 2.75) is 19.9 Å². The zero-order chi connectivity index (χ0) is 20.1. The summed E-state index contributed by atoms with van der Waals surface area (Å²) in [6.45, 7) is 2.47. The Morgan fingerprint density at radius 2 is 1.89 bits per heavy atom. The highest BCUT2D eigenvalue weighted by Gasteiger charge is 2.22. The van der Waals surface area contributed by atoms with Gasteiger partial charge in [0.2, 0.25) is 5.91 Å². The van der Waals surface area contributed by atoms with Gasteiger partial charge in [-0.3, -0.25) is 9.59 Å². The topological polar surface area (TPSA) is 76.3 Å². The van der Waals surface area contributed by atoms with Crippen LogP contribution in [0, 0.1) is 6.92 Å². The number of halogens is 1. The monoisotopic (exact) mass is 413 g/mol. The normalized spacial score (nSPS) is 10.6. The molecule has 0 bridgehead atoms. The first-order valence-corrected chi connectivity index (χ1v) is 9.98. The molecule has 2 amide bonds. The van der Waals surface area contributed by atoms with Gasteiger partial charge in [-0.2, -0.15) is 0 Å². The SMILES string of the molecule is Cc1nc(-c2cccc(Cl)c2)sc1C(=O)N(CCC(N)=O)Cc1ccccc1. The summed E-state index contributed by atoms with van der Waals surface area (Å²) >= 11 is 7.40. The molecular formula is C21H20ClN3O2S. The van der Waals surface area contributed by atoms with Crippen molar-refractivity contribution in [1.29, 1.82) is 0 Å². The first-order valence-electron chi connectivity index (χ1n) is 8.79. The number of hydrogen-bond acceptors (Lipinski definition) is 4. The van der Waals surface area contributed by atoms with Crippen LogP contribution in [0.4, 0.5) is 0 Å². The molecule has 2 N–H and O–H groups in total. The van der Waals surface area contributed by atoms with E-state index >= 15 is 0 Å². The van der Waals surface area contributed by atoms with Crippen LogP contribution in [0.3, 0.4) is 0 Å². The average Bonchev–Trinajstić information content (AvgIpc) is 3.07. The Bertz CT molecular complexity index is 988. The van der Waals surface area contributed by atoms with Gasteiger partial charge in [0.05, 0.1) is 5.69 Å². The number of primary amides is 1. The third-order valence-corrected chi connectivity index (χ3v) is 5.62. The molecule has 2 aromatic carbocycles. The summed E-state index contributed by atoms with van der Waals surface area (Å²) in [4.78, 5) is 31.2. The van der Waals surface area contributed by atoms with Gasteiger partial charge >= 0.3 is 0 Å². The molecule has 0 atom stereocenters. The van der Waals surface area contributed by atoms with Crippen molar-refractivity contribution in [3.05, 3.63) is 75.8 Å². The molecule has 0 aliphatic rings. The molecule has 5 nitrogen and oxygen atoms in total. The molecule has 1 aromatic heterocycles. The zero-order valence-electron chi connectivity index (χ0n) is 15.4. The number of thiazole rings is 1. The first-order chi connectivity index (χ1) is 13.4. The maximum Gasteiger partial charge on any atom is 0.266 e. The van der Waals surface area contributed by atoms with Gasteiger partial charge in [0, 0.05) is 30.1 Å². The second kappa shape index (κ2) is 8.99. The van der Waals surface area contributed by atoms with E-state index < -0.39 is 5.91 Å². The number of carbonyl (C=O) groups excluding carboxylic acids is 2. The minimum atomic E-state index is -0.438. The van der Waals surface area contributed by atoms with Gasteiger partial charge in [0.15, 0.2) is 0 Å². The van der Waals surface area contributed by atoms with Crippen molar-refractivity contribution in [3.63, 3.8) is 0 Å². The van der Waals surface area contributed by atoms with Crippen LogP contribution in [0.15, 0.2) is 54.6 Å². The summed E-state index contributed by atoms with van der Waals surface area (Å²) in [5.74, 6) is -0.597. The summed E-state index contributed by atoms with van der Waals surface area (Å²) in [5.41, 5.74) is 7.80. The summed E-state index contributed by atoms with van der Waals surface area (Å²) in [6.07, 6.45) is 0.109. The van der Waals surface area contributed by atoms with Crippen molar-refractivity contribution in [1.82, 2.24) is 9.88 Å². The van der Waals surface area contributed by atoms with Crippen LogP contribution in [-0.2, 0) is 11.3 Å². The maximum absolute atomic E-state index is 13.2. The fourth-order valence-electron chi connectivity index (χ4n) is 2.78. The molecule has 1 heterocycles. The number of aryl methyl sites for hydroxylation is 1. The third kappa shape index (κ3) is 4.97. The number of aromatic nitrogens is 1. The predicted octanol–water partition coefficient (Wildman–Crippen LogP) is 4.29. The first kappa shape index (κ1) is 20.0. The molecule has 0 saturated carbocycles. The minimum absolute atomic E-state index is 0.109. The van der Waals surface area contributed by atoms with Crippen molar-refractivity contribution >= 4 is 34.8 Å². The van der Waals surface area contributed by atoms with Crippen LogP contribution >= 0.6 is 22.9 Å². The van der Waals surface area contributed by atoms with E-state index in [0.717, 1.165) is 16.1 Å². The molecule has 0 unspecified atom stereocenters. The molecule has 3 rings (SSSR count). The molecule has 144 valence electrons. The van der Waals surface area contributed by atoms with Crippen molar-refractivity contribution in [2.75, 3.05) is 6.54 Å². The number of nitrogens with zero attached hydrogens (tertiary/aromatic N) is 2. The lowest BCUT2D eigenvalue weighted by atomic mass is 10.2. The van der Waals surface area contributed by atoms with Gasteiger partial charge in [0.25, 0.3) is 5.91 Å². The second-order valence-electron chi connectivity index (χ2n) is 6.37. The van der Waals surface area contributed by atoms with Crippen LogP contribution in [0.25, 0.3) is 10.6 Å². The minimum Gasteiger partial charge on any atom is -0.370 e. The largest absolute Gasteiger partial charge is 0.370 e. The molecule has 28 heavy (non-hydrogen) atoms. The number of hydrogen-bond donors (Lipinski definition) is 1. The Labute approximate surface area is 172 Å². The second-order valence-corrected chi connectivity index (χ2v) is 7.81. The summed E-state index contributed by atoms with van der Waals surface area (Å²) in [6, 6.07) is 17.0.